The van der Waals surface area contributed by atoms with Crippen molar-refractivity contribution >= 4 is 11.9 Å². The Balaban J connectivity index is 1.64. The molecule has 0 unspecified atom stereocenters. The second-order valence-electron chi connectivity index (χ2n) is 9.85. The zero-order valence-corrected chi connectivity index (χ0v) is 21.6. The van der Waals surface area contributed by atoms with Gasteiger partial charge >= 0.3 is 11.9 Å². The van der Waals surface area contributed by atoms with E-state index in [-0.39, 0.29) is 37.9 Å². The summed E-state index contributed by atoms with van der Waals surface area (Å²) in [5.74, 6) is 0.228. The molecule has 4 aliphatic rings. The number of fused-ring (bicyclic) bond motifs is 1. The molecule has 0 atom stereocenters. The van der Waals surface area contributed by atoms with Crippen LogP contribution in [-0.4, -0.2) is 39.4 Å². The Kier molecular flexibility index (Phi) is 5.51. The van der Waals surface area contributed by atoms with Gasteiger partial charge in [-0.2, -0.15) is 0 Å². The zero-order valence-electron chi connectivity index (χ0n) is 21.6. The summed E-state index contributed by atoms with van der Waals surface area (Å²) in [5, 5.41) is 0. The molecule has 0 N–H and O–H groups in total. The Morgan fingerprint density at radius 1 is 0.703 bits per heavy atom. The molecule has 3 aromatic rings. The third-order valence-corrected chi connectivity index (χ3v) is 8.20. The van der Waals surface area contributed by atoms with Crippen molar-refractivity contribution in [2.45, 2.75) is 38.5 Å². The van der Waals surface area contributed by atoms with Crippen LogP contribution in [0, 0.1) is 5.41 Å². The summed E-state index contributed by atoms with van der Waals surface area (Å²) in [6.45, 7) is 3.83. The van der Waals surface area contributed by atoms with Crippen molar-refractivity contribution in [3.05, 3.63) is 93.0 Å². The van der Waals surface area contributed by atoms with E-state index < -0.39 is 17.4 Å². The van der Waals surface area contributed by atoms with Gasteiger partial charge in [0.2, 0.25) is 0 Å². The van der Waals surface area contributed by atoms with Crippen LogP contribution in [0.1, 0.15) is 70.2 Å². The van der Waals surface area contributed by atoms with Gasteiger partial charge in [-0.15, -0.1) is 0 Å². The molecule has 6 heteroatoms. The van der Waals surface area contributed by atoms with Crippen LogP contribution in [0.15, 0.2) is 48.5 Å². The topological polar surface area (TPSA) is 71.1 Å². The van der Waals surface area contributed by atoms with E-state index in [2.05, 4.69) is 48.5 Å². The number of hydrogen-bond donors (Lipinski definition) is 0. The van der Waals surface area contributed by atoms with E-state index in [0.29, 0.717) is 0 Å². The summed E-state index contributed by atoms with van der Waals surface area (Å²) in [5.41, 5.74) is 7.28. The molecule has 2 bridgehead atoms. The Morgan fingerprint density at radius 3 is 1.35 bits per heavy atom. The minimum absolute atomic E-state index is 0.0401. The van der Waals surface area contributed by atoms with E-state index >= 15 is 0 Å². The third-order valence-electron chi connectivity index (χ3n) is 8.20. The lowest BCUT2D eigenvalue weighted by Gasteiger charge is -2.44. The fourth-order valence-electron chi connectivity index (χ4n) is 6.86. The Morgan fingerprint density at radius 2 is 1.05 bits per heavy atom. The fraction of sp³-hybridized carbons (Fsp3) is 0.355. The molecule has 190 valence electrons. The number of rotatable bonds is 6. The summed E-state index contributed by atoms with van der Waals surface area (Å²) >= 11 is 0. The number of methoxy groups -OCH3 is 2. The molecular formula is C31H30O6. The van der Waals surface area contributed by atoms with Gasteiger partial charge in [-0.25, -0.2) is 0 Å². The van der Waals surface area contributed by atoms with Crippen molar-refractivity contribution in [2.75, 3.05) is 27.4 Å². The quantitative estimate of drug-likeness (QED) is 0.245. The first-order valence-corrected chi connectivity index (χ1v) is 12.8. The highest BCUT2D eigenvalue weighted by molar-refractivity contribution is 6.02. The maximum Gasteiger partial charge on any atom is 0.324 e. The van der Waals surface area contributed by atoms with Gasteiger partial charge < -0.3 is 18.9 Å². The second kappa shape index (κ2) is 8.65. The molecule has 6 nitrogen and oxygen atoms in total. The predicted octanol–water partition coefficient (Wildman–Crippen LogP) is 4.90. The van der Waals surface area contributed by atoms with Gasteiger partial charge in [0.25, 0.3) is 0 Å². The molecule has 3 aromatic carbocycles. The minimum Gasteiger partial charge on any atom is -0.496 e. The van der Waals surface area contributed by atoms with Gasteiger partial charge in [0.15, 0.2) is 5.41 Å². The number of carbonyl (C=O) groups excluding carboxylic acids is 2. The molecule has 0 amide bonds. The summed E-state index contributed by atoms with van der Waals surface area (Å²) in [6.07, 6.45) is 0.293. The van der Waals surface area contributed by atoms with Crippen LogP contribution in [-0.2, 0) is 31.9 Å². The van der Waals surface area contributed by atoms with E-state index in [9.17, 15) is 9.59 Å². The van der Waals surface area contributed by atoms with Crippen LogP contribution in [0.3, 0.4) is 0 Å². The van der Waals surface area contributed by atoms with Crippen molar-refractivity contribution in [3.8, 4) is 11.5 Å². The first kappa shape index (κ1) is 23.6. The Labute approximate surface area is 216 Å². The Bertz CT molecular complexity index is 1280. The van der Waals surface area contributed by atoms with E-state index in [1.54, 1.807) is 28.1 Å². The van der Waals surface area contributed by atoms with Crippen LogP contribution in [0.25, 0.3) is 0 Å². The van der Waals surface area contributed by atoms with Crippen LogP contribution in [0.4, 0.5) is 0 Å². The highest BCUT2D eigenvalue weighted by Crippen LogP contribution is 2.63. The van der Waals surface area contributed by atoms with E-state index in [0.717, 1.165) is 33.8 Å². The summed E-state index contributed by atoms with van der Waals surface area (Å²) in [6, 6.07) is 17.0. The van der Waals surface area contributed by atoms with Crippen LogP contribution < -0.4 is 9.47 Å². The molecule has 0 spiro atoms. The fourth-order valence-corrected chi connectivity index (χ4v) is 6.86. The minimum atomic E-state index is -1.47. The van der Waals surface area contributed by atoms with E-state index in [1.807, 2.05) is 0 Å². The van der Waals surface area contributed by atoms with Crippen LogP contribution in [0.2, 0.25) is 0 Å². The van der Waals surface area contributed by atoms with E-state index in [4.69, 9.17) is 18.9 Å². The van der Waals surface area contributed by atoms with Crippen molar-refractivity contribution in [1.82, 2.24) is 0 Å². The molecule has 0 saturated heterocycles. The van der Waals surface area contributed by atoms with Crippen molar-refractivity contribution in [1.29, 1.82) is 0 Å². The summed E-state index contributed by atoms with van der Waals surface area (Å²) < 4.78 is 23.2. The van der Waals surface area contributed by atoms with Gasteiger partial charge in [0.1, 0.15) is 11.5 Å². The zero-order chi connectivity index (χ0) is 25.9. The average Bonchev–Trinajstić information content (AvgIpc) is 3.33. The van der Waals surface area contributed by atoms with Gasteiger partial charge in [-0.05, 0) is 36.1 Å². The van der Waals surface area contributed by atoms with Gasteiger partial charge in [-0.1, -0.05) is 48.5 Å². The van der Waals surface area contributed by atoms with Crippen molar-refractivity contribution in [3.63, 3.8) is 0 Å². The Hall–Kier alpha value is -3.80. The maximum absolute atomic E-state index is 13.4. The number of carbonyl (C=O) groups is 2. The molecule has 37 heavy (non-hydrogen) atoms. The standard InChI is InChI=1S/C31H30O6/c1-5-36-29(32)31(30(33)37-6-2)15-21-22(16-31)28(35-4)26-24-19-13-9-7-11-17(19)23(25(26)27(21)34-3)18-12-8-10-14-20(18)24/h7-14,23-24H,5-6,15-16H2,1-4H3. The molecule has 0 saturated carbocycles. The second-order valence-corrected chi connectivity index (χ2v) is 9.85. The molecule has 7 rings (SSSR count). The molecule has 0 radical (unpaired) electrons. The SMILES string of the molecule is CCOC(=O)C1(C(=O)OCC)Cc2c(c(OC)c3c(c2OC)C2c4ccccc4C3c3ccccc32)C1. The van der Waals surface area contributed by atoms with Crippen molar-refractivity contribution < 1.29 is 28.5 Å². The largest absolute Gasteiger partial charge is 0.496 e. The first-order chi connectivity index (χ1) is 18.0. The smallest absolute Gasteiger partial charge is 0.324 e. The number of hydrogen-bond acceptors (Lipinski definition) is 6. The number of benzene rings is 3. The van der Waals surface area contributed by atoms with Gasteiger partial charge in [0, 0.05) is 46.9 Å². The third kappa shape index (κ3) is 3.05. The monoisotopic (exact) mass is 498 g/mol. The van der Waals surface area contributed by atoms with E-state index in [1.165, 1.54) is 22.3 Å². The molecule has 4 aliphatic carbocycles. The summed E-state index contributed by atoms with van der Waals surface area (Å²) in [4.78, 5) is 26.7. The van der Waals surface area contributed by atoms with Crippen molar-refractivity contribution in [2.24, 2.45) is 5.41 Å². The normalized spacial score (nSPS) is 19.2. The first-order valence-electron chi connectivity index (χ1n) is 12.8. The van der Waals surface area contributed by atoms with Gasteiger partial charge in [0.05, 0.1) is 27.4 Å². The lowest BCUT2D eigenvalue weighted by Crippen LogP contribution is -2.43. The number of ether oxygens (including phenoxy) is 4. The predicted molar refractivity (Wildman–Crippen MR) is 137 cm³/mol. The average molecular weight is 499 g/mol. The highest BCUT2D eigenvalue weighted by atomic mass is 16.6. The van der Waals surface area contributed by atoms with Crippen LogP contribution >= 0.6 is 0 Å². The highest BCUT2D eigenvalue weighted by Gasteiger charge is 2.57. The molecular weight excluding hydrogens is 468 g/mol. The maximum atomic E-state index is 13.4. The molecule has 0 aliphatic heterocycles. The molecule has 0 heterocycles. The molecule has 0 fully saturated rings. The summed E-state index contributed by atoms with van der Waals surface area (Å²) in [7, 11) is 3.33. The van der Waals surface area contributed by atoms with Crippen LogP contribution in [0.5, 0.6) is 11.5 Å². The van der Waals surface area contributed by atoms with Gasteiger partial charge in [-0.3, -0.25) is 9.59 Å². The number of esters is 2. The lowest BCUT2D eigenvalue weighted by molar-refractivity contribution is -0.171. The lowest BCUT2D eigenvalue weighted by atomic mass is 9.60. The molecule has 0 aromatic heterocycles.